The van der Waals surface area contributed by atoms with Crippen LogP contribution in [-0.2, 0) is 31.8 Å². The van der Waals surface area contributed by atoms with Gasteiger partial charge in [0.2, 0.25) is 0 Å². The van der Waals surface area contributed by atoms with Crippen molar-refractivity contribution in [2.75, 3.05) is 0 Å². The SMILES string of the molecule is CC(=O)O.[CH3][Sn+2][CH3].[La].[SH-].[SH-]. The van der Waals surface area contributed by atoms with Gasteiger partial charge in [0.25, 0.3) is 5.97 Å². The van der Waals surface area contributed by atoms with Crippen molar-refractivity contribution in [3.8, 4) is 0 Å². The maximum Gasteiger partial charge on any atom is 0 e. The molecule has 0 heterocycles. The van der Waals surface area contributed by atoms with Crippen LogP contribution in [0.1, 0.15) is 6.92 Å². The summed E-state index contributed by atoms with van der Waals surface area (Å²) in [4.78, 5) is 13.6. The van der Waals surface area contributed by atoms with E-state index in [0.29, 0.717) is 0 Å². The summed E-state index contributed by atoms with van der Waals surface area (Å²) in [5, 5.41) is 7.42. The molecule has 0 rings (SSSR count). The minimum absolute atomic E-state index is 0. The van der Waals surface area contributed by atoms with Crippen LogP contribution in [0.3, 0.4) is 0 Å². The molecule has 0 spiro atoms. The van der Waals surface area contributed by atoms with Crippen LogP contribution >= 0.6 is 0 Å². The second-order valence-electron chi connectivity index (χ2n) is 1.02. The molecule has 0 bridgehead atoms. The number of hydrogen-bond acceptors (Lipinski definition) is 3. The molecular formula is C4H12LaO2S2Sn. The van der Waals surface area contributed by atoms with Crippen LogP contribution in [0.5, 0.6) is 0 Å². The van der Waals surface area contributed by atoms with E-state index in [2.05, 4.69) is 9.88 Å². The Morgan fingerprint density at radius 2 is 1.30 bits per heavy atom. The van der Waals surface area contributed by atoms with Crippen LogP contribution in [0.15, 0.2) is 0 Å². The Kier molecular flexibility index (Phi) is 89.7. The minimum atomic E-state index is -0.833. The summed E-state index contributed by atoms with van der Waals surface area (Å²) in [5.74, 6) is -0.833. The molecule has 0 aromatic rings. The van der Waals surface area contributed by atoms with Gasteiger partial charge in [-0.05, 0) is 0 Å². The van der Waals surface area contributed by atoms with E-state index in [1.54, 1.807) is 0 Å². The van der Waals surface area contributed by atoms with Crippen LogP contribution in [0, 0.1) is 35.6 Å². The number of hydrogen-bond donors (Lipinski definition) is 1. The quantitative estimate of drug-likeness (QED) is 0.353. The van der Waals surface area contributed by atoms with Gasteiger partial charge in [-0.1, -0.05) is 0 Å². The van der Waals surface area contributed by atoms with Gasteiger partial charge in [0.05, 0.1) is 0 Å². The van der Waals surface area contributed by atoms with E-state index in [1.165, 1.54) is 0 Å². The van der Waals surface area contributed by atoms with Gasteiger partial charge in [0.15, 0.2) is 0 Å². The van der Waals surface area contributed by atoms with Gasteiger partial charge in [0.1, 0.15) is 0 Å². The van der Waals surface area contributed by atoms with E-state index < -0.39 is 5.97 Å². The second kappa shape index (κ2) is 30.4. The predicted octanol–water partition coefficient (Wildman–Crippen LogP) is 0.337. The molecule has 6 heteroatoms. The maximum atomic E-state index is 9.00. The Morgan fingerprint density at radius 1 is 1.30 bits per heavy atom. The van der Waals surface area contributed by atoms with Gasteiger partial charge < -0.3 is 32.1 Å². The topological polar surface area (TPSA) is 37.3 Å². The summed E-state index contributed by atoms with van der Waals surface area (Å²) < 4.78 is 0. The number of rotatable bonds is 0. The molecule has 0 amide bonds. The molecule has 2 nitrogen and oxygen atoms in total. The molecule has 0 aromatic carbocycles. The average molecular weight is 414 g/mol. The zero-order chi connectivity index (χ0) is 6.28. The summed E-state index contributed by atoms with van der Waals surface area (Å²) in [5.41, 5.74) is 0. The summed E-state index contributed by atoms with van der Waals surface area (Å²) in [6.45, 7) is 1.08. The normalized spacial score (nSPS) is 3.50. The van der Waals surface area contributed by atoms with Crippen molar-refractivity contribution in [3.63, 3.8) is 0 Å². The first-order valence-corrected chi connectivity index (χ1v) is 7.64. The molecule has 0 unspecified atom stereocenters. The monoisotopic (exact) mass is 415 g/mol. The fourth-order valence-corrected chi connectivity index (χ4v) is 0. The van der Waals surface area contributed by atoms with Crippen molar-refractivity contribution >= 4 is 54.1 Å². The van der Waals surface area contributed by atoms with Gasteiger partial charge in [-0.25, -0.2) is 0 Å². The molecule has 0 atom stereocenters. The zero-order valence-electron chi connectivity index (χ0n) is 6.33. The van der Waals surface area contributed by atoms with Crippen LogP contribution in [-0.4, -0.2) is 32.2 Å². The van der Waals surface area contributed by atoms with Crippen molar-refractivity contribution in [1.82, 2.24) is 0 Å². The smallest absolute Gasteiger partial charge is 0 e. The molecule has 0 saturated heterocycles. The third kappa shape index (κ3) is 182. The molecule has 0 aliphatic heterocycles. The molecule has 10 heavy (non-hydrogen) atoms. The van der Waals surface area contributed by atoms with Crippen LogP contribution in [0.4, 0.5) is 0 Å². The van der Waals surface area contributed by atoms with E-state index in [4.69, 9.17) is 9.90 Å². The molecule has 0 aliphatic rings. The van der Waals surface area contributed by atoms with Gasteiger partial charge in [-0.2, -0.15) is 0 Å². The van der Waals surface area contributed by atoms with Crippen molar-refractivity contribution in [2.24, 2.45) is 0 Å². The van der Waals surface area contributed by atoms with Crippen molar-refractivity contribution in [1.29, 1.82) is 0 Å². The molecule has 1 N–H and O–H groups in total. The third-order valence-electron chi connectivity index (χ3n) is 0. The number of aliphatic carboxylic acids is 1. The molecule has 0 fully saturated rings. The molecule has 0 aliphatic carbocycles. The Hall–Kier alpha value is 2.16. The van der Waals surface area contributed by atoms with Gasteiger partial charge in [-0.3, -0.25) is 4.79 Å². The summed E-state index contributed by atoms with van der Waals surface area (Å²) in [6, 6.07) is 0. The minimum Gasteiger partial charge on any atom is -0.813 e. The van der Waals surface area contributed by atoms with Crippen LogP contribution in [0.25, 0.3) is 0 Å². The van der Waals surface area contributed by atoms with Gasteiger partial charge in [-0.15, -0.1) is 0 Å². The number of carboxylic acids is 1. The average Bonchev–Trinajstić information content (AvgIpc) is 1.33. The van der Waals surface area contributed by atoms with E-state index in [9.17, 15) is 0 Å². The Bertz CT molecular complexity index is 52.5. The van der Waals surface area contributed by atoms with E-state index in [1.807, 2.05) is 0 Å². The zero-order valence-corrected chi connectivity index (χ0v) is 14.6. The second-order valence-corrected chi connectivity index (χ2v) is 3.87. The van der Waals surface area contributed by atoms with Gasteiger partial charge >= 0.3 is 31.0 Å². The van der Waals surface area contributed by atoms with E-state index in [0.717, 1.165) is 6.92 Å². The number of thiol groups is 2. The Morgan fingerprint density at radius 3 is 1.30 bits per heavy atom. The van der Waals surface area contributed by atoms with E-state index >= 15 is 0 Å². The van der Waals surface area contributed by atoms with Crippen molar-refractivity contribution < 1.29 is 45.5 Å². The van der Waals surface area contributed by atoms with Crippen LogP contribution < -0.4 is 0 Å². The summed E-state index contributed by atoms with van der Waals surface area (Å²) >= 11 is 0.230. The Balaban J connectivity index is -0.0000000131. The van der Waals surface area contributed by atoms with Gasteiger partial charge in [0, 0.05) is 42.5 Å². The van der Waals surface area contributed by atoms with Crippen molar-refractivity contribution in [2.45, 2.75) is 16.8 Å². The molecule has 1 radical (unpaired) electrons. The van der Waals surface area contributed by atoms with Crippen molar-refractivity contribution in [3.05, 3.63) is 0 Å². The molecular weight excluding hydrogens is 402 g/mol. The first-order chi connectivity index (χ1) is 3.15. The molecule has 0 saturated carbocycles. The first kappa shape index (κ1) is 29.5. The standard InChI is InChI=1S/C2H4O2.2CH3.La.2H2S.Sn/c1-2(3)4;;;;;;/h1H3,(H,3,4);2*1H3;;2*1H2;/q;;;;;;+2/p-2. The van der Waals surface area contributed by atoms with Crippen LogP contribution in [0.2, 0.25) is 9.88 Å². The summed E-state index contributed by atoms with van der Waals surface area (Å²) in [6.07, 6.45) is 0. The fourth-order valence-electron chi connectivity index (χ4n) is 0. The molecule has 59 valence electrons. The Labute approximate surface area is 115 Å². The number of carboxylic acid groups (broad SMARTS) is 1. The summed E-state index contributed by atoms with van der Waals surface area (Å²) in [7, 11) is 0. The maximum absolute atomic E-state index is 9.00. The number of carbonyl (C=O) groups is 1. The largest absolute Gasteiger partial charge is 0.813 e. The third-order valence-corrected chi connectivity index (χ3v) is 0. The predicted molar refractivity (Wildman–Crippen MR) is 48.3 cm³/mol. The first-order valence-electron chi connectivity index (χ1n) is 1.93. The van der Waals surface area contributed by atoms with E-state index in [-0.39, 0.29) is 83.7 Å². The fraction of sp³-hybridized carbons (Fsp3) is 0.750. The molecule has 0 aromatic heterocycles.